The first kappa shape index (κ1) is 47.0. The molecule has 2 fully saturated rings. The number of nitrogens with zero attached hydrogens (tertiary/aromatic N) is 1. The van der Waals surface area contributed by atoms with Crippen LogP contribution in [0.4, 0.5) is 0 Å². The fourth-order valence-electron chi connectivity index (χ4n) is 8.74. The minimum atomic E-state index is -2.12. The Labute approximate surface area is 392 Å². The van der Waals surface area contributed by atoms with Gasteiger partial charge < -0.3 is 45.7 Å². The number of rotatable bonds is 18. The maximum atomic E-state index is 13.8. The number of halogens is 1. The molecule has 1 aliphatic carbocycles. The van der Waals surface area contributed by atoms with Crippen molar-refractivity contribution in [3.63, 3.8) is 0 Å². The standard InChI is InChI=1S/C52H54ClN5O9/c53-44-24-35(28-54-29-46(60)41-16-18-45(59)49-42(41)17-19-47(61)57-49)14-15-43(44)50(63)56-39-26-38(27-39)55-48(62)32-66-40-13-7-12-37(25-40)52(65,36-10-5-2-6-11-36)51(64)67-31-34-20-22-58(23-21-34)30-33-8-3-1-4-9-33/h1-19,24-25,34,38-39,46,54,59-60,65H,20-23,26-32H2,(H,55,62)(H,56,63)(H,57,61)/t38?,39?,46-,52?/m0/s1. The van der Waals surface area contributed by atoms with E-state index in [1.54, 1.807) is 84.9 Å². The van der Waals surface area contributed by atoms with Crippen LogP contribution in [-0.2, 0) is 33.0 Å². The van der Waals surface area contributed by atoms with Crippen LogP contribution in [0.5, 0.6) is 11.5 Å². The van der Waals surface area contributed by atoms with Crippen molar-refractivity contribution in [2.45, 2.75) is 62.6 Å². The van der Waals surface area contributed by atoms with Crippen LogP contribution in [0.25, 0.3) is 10.9 Å². The zero-order valence-electron chi connectivity index (χ0n) is 36.8. The van der Waals surface area contributed by atoms with E-state index in [1.807, 2.05) is 18.2 Å². The Bertz CT molecular complexity index is 2740. The van der Waals surface area contributed by atoms with E-state index in [0.717, 1.165) is 38.0 Å². The Hall–Kier alpha value is -6.55. The molecule has 1 saturated carbocycles. The van der Waals surface area contributed by atoms with E-state index >= 15 is 0 Å². The van der Waals surface area contributed by atoms with E-state index in [4.69, 9.17) is 21.1 Å². The molecule has 0 bridgehead atoms. The second-order valence-corrected chi connectivity index (χ2v) is 17.8. The number of aromatic hydroxyl groups is 1. The number of carbonyl (C=O) groups is 3. The van der Waals surface area contributed by atoms with Gasteiger partial charge in [-0.1, -0.05) is 96.5 Å². The lowest BCUT2D eigenvalue weighted by Gasteiger charge is -2.36. The molecule has 2 heterocycles. The monoisotopic (exact) mass is 927 g/mol. The molecule has 2 atom stereocenters. The second-order valence-electron chi connectivity index (χ2n) is 17.3. The fraction of sp³-hybridized carbons (Fsp3) is 0.308. The molecule has 1 aromatic heterocycles. The number of H-pyrrole nitrogens is 1. The highest BCUT2D eigenvalue weighted by molar-refractivity contribution is 6.33. The number of hydrogen-bond acceptors (Lipinski definition) is 11. The van der Waals surface area contributed by atoms with Crippen LogP contribution in [0, 0.1) is 5.92 Å². The molecular formula is C52H54ClN5O9. The van der Waals surface area contributed by atoms with E-state index in [0.29, 0.717) is 41.5 Å². The third-order valence-electron chi connectivity index (χ3n) is 12.6. The van der Waals surface area contributed by atoms with Gasteiger partial charge in [-0.05, 0) is 103 Å². The molecule has 2 amide bonds. The van der Waals surface area contributed by atoms with Gasteiger partial charge in [-0.25, -0.2) is 4.79 Å². The Balaban J connectivity index is 0.774. The van der Waals surface area contributed by atoms with Crippen LogP contribution in [0.1, 0.15) is 70.0 Å². The van der Waals surface area contributed by atoms with Gasteiger partial charge in [0, 0.05) is 48.7 Å². The van der Waals surface area contributed by atoms with Gasteiger partial charge in [0.05, 0.1) is 28.8 Å². The maximum absolute atomic E-state index is 13.8. The normalized spacial score (nSPS) is 17.7. The summed E-state index contributed by atoms with van der Waals surface area (Å²) in [6.07, 6.45) is 1.85. The van der Waals surface area contributed by atoms with Crippen molar-refractivity contribution in [2.75, 3.05) is 32.8 Å². The zero-order valence-corrected chi connectivity index (χ0v) is 37.6. The lowest BCUT2D eigenvalue weighted by Crippen LogP contribution is -2.54. The molecule has 0 spiro atoms. The number of piperidine rings is 1. The third kappa shape index (κ3) is 11.5. The van der Waals surface area contributed by atoms with Crippen LogP contribution in [0.15, 0.2) is 132 Å². The van der Waals surface area contributed by atoms with Crippen LogP contribution >= 0.6 is 11.6 Å². The van der Waals surface area contributed by atoms with Gasteiger partial charge in [0.15, 0.2) is 6.61 Å². The summed E-state index contributed by atoms with van der Waals surface area (Å²) in [6, 6.07) is 36.1. The molecule has 2 aliphatic rings. The molecular weight excluding hydrogens is 874 g/mol. The molecule has 1 saturated heterocycles. The smallest absolute Gasteiger partial charge is 0.347 e. The summed E-state index contributed by atoms with van der Waals surface area (Å²) in [7, 11) is 0. The number of nitrogens with one attached hydrogen (secondary N) is 4. The van der Waals surface area contributed by atoms with Crippen LogP contribution in [0.3, 0.4) is 0 Å². The van der Waals surface area contributed by atoms with Crippen molar-refractivity contribution in [3.8, 4) is 11.5 Å². The van der Waals surface area contributed by atoms with Crippen LogP contribution in [0.2, 0.25) is 5.02 Å². The molecule has 1 aliphatic heterocycles. The average molecular weight is 928 g/mol. The van der Waals surface area contributed by atoms with Gasteiger partial charge >= 0.3 is 5.97 Å². The molecule has 6 aromatic rings. The van der Waals surface area contributed by atoms with Gasteiger partial charge in [0.25, 0.3) is 11.8 Å². The third-order valence-corrected chi connectivity index (χ3v) is 12.9. The summed E-state index contributed by atoms with van der Waals surface area (Å²) in [6.45, 7) is 3.07. The number of carbonyl (C=O) groups excluding carboxylic acids is 3. The molecule has 14 nitrogen and oxygen atoms in total. The van der Waals surface area contributed by atoms with Crippen molar-refractivity contribution >= 4 is 40.3 Å². The number of fused-ring (bicyclic) bond motifs is 1. The Morgan fingerprint density at radius 2 is 1.54 bits per heavy atom. The van der Waals surface area contributed by atoms with Gasteiger partial charge in [-0.15, -0.1) is 0 Å². The average Bonchev–Trinajstić information content (AvgIpc) is 3.33. The summed E-state index contributed by atoms with van der Waals surface area (Å²) < 4.78 is 11.7. The summed E-state index contributed by atoms with van der Waals surface area (Å²) in [5, 5.41) is 43.0. The largest absolute Gasteiger partial charge is 0.506 e. The number of aliphatic hydroxyl groups excluding tert-OH is 1. The molecule has 1 unspecified atom stereocenters. The SMILES string of the molecule is O=C(COc1cccc(C(O)(C(=O)OCC2CCN(Cc3ccccc3)CC2)c2ccccc2)c1)NC1CC(NC(=O)c2ccc(CNC[C@H](O)c3ccc(O)c4[nH]c(=O)ccc34)cc2Cl)C1. The number of benzene rings is 5. The number of aliphatic hydroxyl groups is 2. The van der Waals surface area contributed by atoms with Crippen molar-refractivity contribution < 1.29 is 39.2 Å². The maximum Gasteiger partial charge on any atom is 0.347 e. The van der Waals surface area contributed by atoms with Gasteiger partial charge in [-0.2, -0.15) is 0 Å². The second kappa shape index (κ2) is 21.4. The first-order chi connectivity index (χ1) is 32.4. The minimum Gasteiger partial charge on any atom is -0.506 e. The Morgan fingerprint density at radius 3 is 2.28 bits per heavy atom. The lowest BCUT2D eigenvalue weighted by molar-refractivity contribution is -0.164. The van der Waals surface area contributed by atoms with Crippen molar-refractivity contribution in [2.24, 2.45) is 5.92 Å². The molecule has 5 aromatic carbocycles. The highest BCUT2D eigenvalue weighted by Gasteiger charge is 2.42. The predicted octanol–water partition coefficient (Wildman–Crippen LogP) is 5.86. The van der Waals surface area contributed by atoms with E-state index in [2.05, 4.69) is 38.0 Å². The summed E-state index contributed by atoms with van der Waals surface area (Å²) in [5.41, 5.74) is 1.28. The van der Waals surface area contributed by atoms with Crippen LogP contribution < -0.4 is 26.2 Å². The van der Waals surface area contributed by atoms with Crippen molar-refractivity contribution in [1.82, 2.24) is 25.8 Å². The molecule has 15 heteroatoms. The Kier molecular flexibility index (Phi) is 15.0. The number of amides is 2. The van der Waals surface area contributed by atoms with Crippen molar-refractivity contribution in [3.05, 3.63) is 176 Å². The molecule has 8 rings (SSSR count). The number of aromatic amines is 1. The lowest BCUT2D eigenvalue weighted by atomic mass is 9.86. The van der Waals surface area contributed by atoms with Gasteiger partial charge in [0.1, 0.15) is 11.5 Å². The summed E-state index contributed by atoms with van der Waals surface area (Å²) in [4.78, 5) is 56.7. The quantitative estimate of drug-likeness (QED) is 0.0510. The molecule has 7 N–H and O–H groups in total. The summed E-state index contributed by atoms with van der Waals surface area (Å²) in [5.74, 6) is -1.11. The van der Waals surface area contributed by atoms with Crippen LogP contribution in [-0.4, -0.2) is 87.9 Å². The topological polar surface area (TPSA) is 203 Å². The number of aromatic nitrogens is 1. The van der Waals surface area contributed by atoms with Crippen molar-refractivity contribution in [1.29, 1.82) is 0 Å². The number of hydrogen-bond donors (Lipinski definition) is 7. The minimum absolute atomic E-state index is 0.0878. The molecule has 348 valence electrons. The first-order valence-electron chi connectivity index (χ1n) is 22.5. The number of pyridine rings is 1. The van der Waals surface area contributed by atoms with Gasteiger partial charge in [0.2, 0.25) is 11.2 Å². The van der Waals surface area contributed by atoms with Gasteiger partial charge in [-0.3, -0.25) is 19.3 Å². The number of esters is 1. The fourth-order valence-corrected chi connectivity index (χ4v) is 9.03. The highest BCUT2D eigenvalue weighted by Crippen LogP contribution is 2.34. The summed E-state index contributed by atoms with van der Waals surface area (Å²) >= 11 is 6.53. The number of likely N-dealkylation sites (tertiary alicyclic amines) is 1. The molecule has 67 heavy (non-hydrogen) atoms. The highest BCUT2D eigenvalue weighted by atomic mass is 35.5. The number of phenolic OH excluding ortho intramolecular Hbond substituents is 1. The number of ether oxygens (including phenoxy) is 2. The first-order valence-corrected chi connectivity index (χ1v) is 22.9. The zero-order chi connectivity index (χ0) is 46.9. The number of phenols is 1. The van der Waals surface area contributed by atoms with E-state index < -0.39 is 17.7 Å². The van der Waals surface area contributed by atoms with E-state index in [1.165, 1.54) is 17.7 Å². The van der Waals surface area contributed by atoms with E-state index in [9.17, 15) is 34.5 Å². The Morgan fingerprint density at radius 1 is 0.821 bits per heavy atom. The van der Waals surface area contributed by atoms with E-state index in [-0.39, 0.29) is 82.7 Å². The molecule has 0 radical (unpaired) electrons. The predicted molar refractivity (Wildman–Crippen MR) is 254 cm³/mol.